The molecule has 0 aliphatic rings. The molecule has 0 amide bonds. The molecule has 0 aliphatic carbocycles. The standard InChI is InChI=1S/C7H7.C2H6N.Zr/c1-7-5-3-2-4-6-7;1-3-2;/h2-6H,1H2;1-2H3;/q;-1;+1. The zero-order valence-electron chi connectivity index (χ0n) is 7.04. The molecule has 0 radical (unpaired) electrons. The van der Waals surface area contributed by atoms with Crippen LogP contribution in [-0.2, 0) is 27.7 Å². The second-order valence-electron chi connectivity index (χ2n) is 2.71. The van der Waals surface area contributed by atoms with E-state index < -0.39 is 0 Å². The van der Waals surface area contributed by atoms with Crippen LogP contribution in [0.4, 0.5) is 0 Å². The molecule has 0 unspecified atom stereocenters. The third kappa shape index (κ3) is 3.83. The topological polar surface area (TPSA) is 3.24 Å². The summed E-state index contributed by atoms with van der Waals surface area (Å²) in [5.41, 5.74) is 1.49. The van der Waals surface area contributed by atoms with Gasteiger partial charge in [0.25, 0.3) is 0 Å². The molecule has 1 nitrogen and oxygen atoms in total. The van der Waals surface area contributed by atoms with Gasteiger partial charge >= 0.3 is 80.5 Å². The Labute approximate surface area is 80.4 Å². The zero-order valence-corrected chi connectivity index (χ0v) is 9.50. The van der Waals surface area contributed by atoms with Gasteiger partial charge in [-0.1, -0.05) is 0 Å². The normalized spacial score (nSPS) is 10.1. The van der Waals surface area contributed by atoms with Crippen molar-refractivity contribution >= 4 is 0 Å². The predicted molar refractivity (Wildman–Crippen MR) is 43.8 cm³/mol. The molecular weight excluding hydrogens is 213 g/mol. The van der Waals surface area contributed by atoms with E-state index in [-0.39, 0.29) is 23.5 Å². The van der Waals surface area contributed by atoms with Crippen molar-refractivity contribution in [1.29, 1.82) is 0 Å². The molecule has 0 bridgehead atoms. The van der Waals surface area contributed by atoms with Crippen molar-refractivity contribution in [1.82, 2.24) is 2.84 Å². The van der Waals surface area contributed by atoms with Crippen LogP contribution >= 0.6 is 0 Å². The Morgan fingerprint density at radius 2 is 1.82 bits per heavy atom. The van der Waals surface area contributed by atoms with Gasteiger partial charge in [0.2, 0.25) is 0 Å². The molecule has 0 saturated carbocycles. The van der Waals surface area contributed by atoms with Gasteiger partial charge < -0.3 is 0 Å². The molecule has 11 heavy (non-hydrogen) atoms. The van der Waals surface area contributed by atoms with E-state index in [2.05, 4.69) is 47.3 Å². The second-order valence-corrected chi connectivity index (χ2v) is 6.56. The van der Waals surface area contributed by atoms with Crippen LogP contribution in [0.5, 0.6) is 0 Å². The van der Waals surface area contributed by atoms with Crippen molar-refractivity contribution in [3.05, 3.63) is 35.9 Å². The van der Waals surface area contributed by atoms with Gasteiger partial charge in [0.05, 0.1) is 0 Å². The molecule has 1 aromatic rings. The van der Waals surface area contributed by atoms with E-state index in [1.54, 1.807) is 0 Å². The molecular formula is C9H13NZr. The van der Waals surface area contributed by atoms with E-state index in [4.69, 9.17) is 0 Å². The number of hydrogen-bond acceptors (Lipinski definition) is 1. The predicted octanol–water partition coefficient (Wildman–Crippen LogP) is 1.75. The van der Waals surface area contributed by atoms with E-state index >= 15 is 0 Å². The Balaban J connectivity index is 2.39. The minimum absolute atomic E-state index is 0.276. The molecule has 1 aromatic carbocycles. The van der Waals surface area contributed by atoms with Gasteiger partial charge in [0.1, 0.15) is 0 Å². The first-order chi connectivity index (χ1) is 5.29. The number of benzene rings is 1. The molecule has 0 atom stereocenters. The maximum absolute atomic E-state index is 2.37. The van der Waals surface area contributed by atoms with Gasteiger partial charge in [-0.3, -0.25) is 0 Å². The van der Waals surface area contributed by atoms with Gasteiger partial charge in [-0.25, -0.2) is 0 Å². The van der Waals surface area contributed by atoms with E-state index in [1.807, 2.05) is 0 Å². The van der Waals surface area contributed by atoms with Gasteiger partial charge in [0.15, 0.2) is 0 Å². The Morgan fingerprint density at radius 3 is 2.36 bits per heavy atom. The monoisotopic (exact) mass is 225 g/mol. The van der Waals surface area contributed by atoms with Gasteiger partial charge in [-0.05, 0) is 0 Å². The summed E-state index contributed by atoms with van der Waals surface area (Å²) >= 11 is -0.276. The number of hydrogen-bond donors (Lipinski definition) is 0. The van der Waals surface area contributed by atoms with Crippen LogP contribution in [0.15, 0.2) is 30.3 Å². The fraction of sp³-hybridized carbons (Fsp3) is 0.333. The van der Waals surface area contributed by atoms with E-state index in [1.165, 1.54) is 9.69 Å². The Hall–Kier alpha value is 0.0631. The van der Waals surface area contributed by atoms with Crippen molar-refractivity contribution in [3.63, 3.8) is 0 Å². The first-order valence-electron chi connectivity index (χ1n) is 3.74. The Morgan fingerprint density at radius 1 is 1.18 bits per heavy atom. The molecule has 0 fully saturated rings. The molecule has 0 aliphatic heterocycles. The van der Waals surface area contributed by atoms with Crippen LogP contribution in [-0.4, -0.2) is 16.9 Å². The van der Waals surface area contributed by atoms with E-state index in [9.17, 15) is 0 Å². The molecule has 1 rings (SSSR count). The summed E-state index contributed by atoms with van der Waals surface area (Å²) in [6.45, 7) is 0. The average molecular weight is 226 g/mol. The molecule has 0 heterocycles. The van der Waals surface area contributed by atoms with Crippen molar-refractivity contribution in [2.24, 2.45) is 0 Å². The molecule has 0 aromatic heterocycles. The number of rotatable bonds is 3. The molecule has 0 spiro atoms. The fourth-order valence-corrected chi connectivity index (χ4v) is 2.65. The first-order valence-corrected chi connectivity index (χ1v) is 6.57. The summed E-state index contributed by atoms with van der Waals surface area (Å²) in [6.07, 6.45) is 0. The first kappa shape index (κ1) is 9.15. The number of nitrogens with zero attached hydrogens (tertiary/aromatic N) is 1. The van der Waals surface area contributed by atoms with Crippen LogP contribution in [0.1, 0.15) is 5.56 Å². The maximum atomic E-state index is 2.37. The molecule has 2 heteroatoms. The fourth-order valence-electron chi connectivity index (χ4n) is 0.845. The van der Waals surface area contributed by atoms with Crippen LogP contribution in [0.25, 0.3) is 0 Å². The summed E-state index contributed by atoms with van der Waals surface area (Å²) in [7, 11) is 4.35. The van der Waals surface area contributed by atoms with Gasteiger partial charge in [-0.2, -0.15) is 0 Å². The summed E-state index contributed by atoms with van der Waals surface area (Å²) < 4.78 is 3.69. The van der Waals surface area contributed by atoms with Crippen molar-refractivity contribution < 1.29 is 23.5 Å². The van der Waals surface area contributed by atoms with Crippen molar-refractivity contribution in [3.8, 4) is 0 Å². The third-order valence-corrected chi connectivity index (χ3v) is 4.39. The van der Waals surface area contributed by atoms with E-state index in [0.717, 1.165) is 0 Å². The van der Waals surface area contributed by atoms with Crippen LogP contribution < -0.4 is 0 Å². The van der Waals surface area contributed by atoms with E-state index in [0.29, 0.717) is 0 Å². The average Bonchev–Trinajstić information content (AvgIpc) is 2.03. The van der Waals surface area contributed by atoms with Crippen molar-refractivity contribution in [2.45, 2.75) is 4.13 Å². The van der Waals surface area contributed by atoms with Crippen LogP contribution in [0, 0.1) is 0 Å². The molecule has 0 N–H and O–H groups in total. The Bertz CT molecular complexity index is 196. The summed E-state index contributed by atoms with van der Waals surface area (Å²) in [6, 6.07) is 10.7. The third-order valence-electron chi connectivity index (χ3n) is 1.44. The quantitative estimate of drug-likeness (QED) is 0.759. The molecule has 58 valence electrons. The van der Waals surface area contributed by atoms with Gasteiger partial charge in [0, 0.05) is 0 Å². The summed E-state index contributed by atoms with van der Waals surface area (Å²) in [4.78, 5) is 0. The van der Waals surface area contributed by atoms with Crippen molar-refractivity contribution in [2.75, 3.05) is 14.1 Å². The summed E-state index contributed by atoms with van der Waals surface area (Å²) in [5, 5.41) is 0. The Kier molecular flexibility index (Phi) is 4.03. The summed E-state index contributed by atoms with van der Waals surface area (Å²) in [5.74, 6) is 0. The van der Waals surface area contributed by atoms with Gasteiger partial charge in [-0.15, -0.1) is 0 Å². The SMILES string of the molecule is C[N](C)[Zr][CH2]c1ccccc1. The van der Waals surface area contributed by atoms with Crippen LogP contribution in [0.3, 0.4) is 0 Å². The van der Waals surface area contributed by atoms with Crippen LogP contribution in [0.2, 0.25) is 0 Å². The molecule has 0 saturated heterocycles. The minimum atomic E-state index is -0.276. The second kappa shape index (κ2) is 4.84. The zero-order chi connectivity index (χ0) is 8.10.